The van der Waals surface area contributed by atoms with Crippen LogP contribution in [0.4, 0.5) is 13.2 Å². The molecular weight excluding hydrogens is 417 g/mol. The van der Waals surface area contributed by atoms with Crippen molar-refractivity contribution in [2.45, 2.75) is 18.5 Å². The molecule has 1 aliphatic heterocycles. The van der Waals surface area contributed by atoms with Crippen LogP contribution in [0.15, 0.2) is 41.9 Å². The van der Waals surface area contributed by atoms with Gasteiger partial charge in [-0.05, 0) is 30.0 Å². The van der Waals surface area contributed by atoms with Crippen LogP contribution in [0.5, 0.6) is 0 Å². The van der Waals surface area contributed by atoms with E-state index in [1.807, 2.05) is 0 Å². The molecule has 30 heavy (non-hydrogen) atoms. The number of nitrogens with zero attached hydrogens (tertiary/aromatic N) is 5. The van der Waals surface area contributed by atoms with Crippen LogP contribution >= 0.6 is 11.3 Å². The molecule has 1 fully saturated rings. The van der Waals surface area contributed by atoms with E-state index in [9.17, 15) is 18.0 Å². The number of halogens is 3. The predicted molar refractivity (Wildman–Crippen MR) is 103 cm³/mol. The quantitative estimate of drug-likeness (QED) is 0.534. The summed E-state index contributed by atoms with van der Waals surface area (Å²) in [5, 5.41) is 12.4. The molecule has 0 aromatic carbocycles. The van der Waals surface area contributed by atoms with E-state index in [4.69, 9.17) is 0 Å². The standard InChI is InChI=1S/C19H15F3N6OS/c20-19(21,22)16-8-14(15-2-1-7-30-15)24-17-9-13(26-28(16)17)11-4-6-27(10-11)18(29)12-3-5-23-25-12/h1-3,5,7-9,11H,4,6,10H2,(H,23,25)/t11-/m1/s1. The molecule has 11 heteroatoms. The summed E-state index contributed by atoms with van der Waals surface area (Å²) in [6, 6.07) is 7.70. The van der Waals surface area contributed by atoms with Crippen LogP contribution in [0.3, 0.4) is 0 Å². The number of hydrogen-bond acceptors (Lipinski definition) is 5. The van der Waals surface area contributed by atoms with E-state index < -0.39 is 11.9 Å². The molecule has 1 N–H and O–H groups in total. The summed E-state index contributed by atoms with van der Waals surface area (Å²) in [5.41, 5.74) is 0.411. The number of hydrogen-bond donors (Lipinski definition) is 1. The van der Waals surface area contributed by atoms with Crippen molar-refractivity contribution in [3.8, 4) is 10.6 Å². The highest BCUT2D eigenvalue weighted by atomic mass is 32.1. The van der Waals surface area contributed by atoms with Gasteiger partial charge in [-0.1, -0.05) is 6.07 Å². The van der Waals surface area contributed by atoms with E-state index in [0.29, 0.717) is 35.8 Å². The lowest BCUT2D eigenvalue weighted by Crippen LogP contribution is -2.28. The molecule has 0 unspecified atom stereocenters. The largest absolute Gasteiger partial charge is 0.433 e. The van der Waals surface area contributed by atoms with Gasteiger partial charge in [0.25, 0.3) is 5.91 Å². The van der Waals surface area contributed by atoms with E-state index in [1.54, 1.807) is 34.5 Å². The number of carbonyl (C=O) groups excluding carboxylic acids is 1. The fourth-order valence-electron chi connectivity index (χ4n) is 3.68. The fraction of sp³-hybridized carbons (Fsp3) is 0.263. The molecule has 0 spiro atoms. The van der Waals surface area contributed by atoms with E-state index >= 15 is 0 Å². The summed E-state index contributed by atoms with van der Waals surface area (Å²) in [7, 11) is 0. The first-order valence-electron chi connectivity index (χ1n) is 9.20. The number of alkyl halides is 3. The third kappa shape index (κ3) is 3.24. The highest BCUT2D eigenvalue weighted by Gasteiger charge is 2.36. The number of rotatable bonds is 3. The Bertz CT molecular complexity index is 1200. The minimum atomic E-state index is -4.57. The highest BCUT2D eigenvalue weighted by Crippen LogP contribution is 2.35. The van der Waals surface area contributed by atoms with Crippen LogP contribution in [-0.2, 0) is 6.18 Å². The van der Waals surface area contributed by atoms with Gasteiger partial charge < -0.3 is 4.90 Å². The summed E-state index contributed by atoms with van der Waals surface area (Å²) in [6.07, 6.45) is -2.46. The monoisotopic (exact) mass is 432 g/mol. The third-order valence-corrected chi connectivity index (χ3v) is 6.03. The SMILES string of the molecule is O=C(c1ccn[nH]1)N1CC[C@@H](c2cc3nc(-c4cccs4)cc(C(F)(F)F)n3n2)C1. The Morgan fingerprint density at radius 2 is 2.13 bits per heavy atom. The summed E-state index contributed by atoms with van der Waals surface area (Å²) < 4.78 is 42.0. The van der Waals surface area contributed by atoms with Crippen molar-refractivity contribution in [2.75, 3.05) is 13.1 Å². The number of amides is 1. The number of H-pyrrole nitrogens is 1. The van der Waals surface area contributed by atoms with Crippen molar-refractivity contribution in [3.05, 3.63) is 59.0 Å². The molecule has 4 aromatic rings. The summed E-state index contributed by atoms with van der Waals surface area (Å²) in [4.78, 5) is 19.2. The molecular formula is C19H15F3N6OS. The van der Waals surface area contributed by atoms with E-state index in [1.165, 1.54) is 17.5 Å². The van der Waals surface area contributed by atoms with Crippen molar-refractivity contribution in [3.63, 3.8) is 0 Å². The number of fused-ring (bicyclic) bond motifs is 1. The van der Waals surface area contributed by atoms with E-state index in [-0.39, 0.29) is 23.2 Å². The lowest BCUT2D eigenvalue weighted by molar-refractivity contribution is -0.142. The lowest BCUT2D eigenvalue weighted by Gasteiger charge is -2.14. The maximum Gasteiger partial charge on any atom is 0.433 e. The van der Waals surface area contributed by atoms with Crippen LogP contribution in [-0.4, -0.2) is 48.7 Å². The molecule has 0 radical (unpaired) electrons. The number of nitrogens with one attached hydrogen (secondary N) is 1. The Morgan fingerprint density at radius 1 is 1.27 bits per heavy atom. The third-order valence-electron chi connectivity index (χ3n) is 5.14. The summed E-state index contributed by atoms with van der Waals surface area (Å²) in [5.74, 6) is -0.349. The van der Waals surface area contributed by atoms with Gasteiger partial charge in [0.1, 0.15) is 5.69 Å². The lowest BCUT2D eigenvalue weighted by atomic mass is 10.1. The van der Waals surface area contributed by atoms with Gasteiger partial charge >= 0.3 is 6.18 Å². The molecule has 0 bridgehead atoms. The highest BCUT2D eigenvalue weighted by molar-refractivity contribution is 7.13. The Morgan fingerprint density at radius 3 is 2.83 bits per heavy atom. The zero-order valence-electron chi connectivity index (χ0n) is 15.4. The molecule has 0 saturated carbocycles. The minimum Gasteiger partial charge on any atom is -0.337 e. The zero-order valence-corrected chi connectivity index (χ0v) is 16.2. The van der Waals surface area contributed by atoms with Gasteiger partial charge in [-0.3, -0.25) is 9.89 Å². The first-order chi connectivity index (χ1) is 14.4. The maximum absolute atomic E-state index is 13.7. The second-order valence-electron chi connectivity index (χ2n) is 7.05. The van der Waals surface area contributed by atoms with Gasteiger partial charge in [-0.2, -0.15) is 23.4 Å². The van der Waals surface area contributed by atoms with Crippen molar-refractivity contribution in [1.29, 1.82) is 0 Å². The molecule has 154 valence electrons. The topological polar surface area (TPSA) is 79.2 Å². The Balaban J connectivity index is 1.50. The van der Waals surface area contributed by atoms with Crippen molar-refractivity contribution >= 4 is 22.9 Å². The van der Waals surface area contributed by atoms with Crippen molar-refractivity contribution in [1.82, 2.24) is 29.7 Å². The average Bonchev–Trinajstić information content (AvgIpc) is 3.52. The molecule has 1 saturated heterocycles. The fourth-order valence-corrected chi connectivity index (χ4v) is 4.36. The number of carbonyl (C=O) groups is 1. The van der Waals surface area contributed by atoms with Gasteiger partial charge in [0.15, 0.2) is 11.3 Å². The van der Waals surface area contributed by atoms with E-state index in [2.05, 4.69) is 20.3 Å². The number of likely N-dealkylation sites (tertiary alicyclic amines) is 1. The number of aromatic amines is 1. The maximum atomic E-state index is 13.7. The van der Waals surface area contributed by atoms with Gasteiger partial charge in [0.2, 0.25) is 0 Å². The van der Waals surface area contributed by atoms with Gasteiger partial charge in [0.05, 0.1) is 16.3 Å². The zero-order chi connectivity index (χ0) is 20.9. The molecule has 5 heterocycles. The second-order valence-corrected chi connectivity index (χ2v) is 8.00. The van der Waals surface area contributed by atoms with Crippen LogP contribution in [0.2, 0.25) is 0 Å². The molecule has 1 aliphatic rings. The summed E-state index contributed by atoms with van der Waals surface area (Å²) in [6.45, 7) is 0.872. The average molecular weight is 432 g/mol. The molecule has 1 amide bonds. The van der Waals surface area contributed by atoms with Gasteiger partial charge in [0, 0.05) is 31.3 Å². The molecule has 1 atom stereocenters. The van der Waals surface area contributed by atoms with Crippen molar-refractivity contribution in [2.24, 2.45) is 0 Å². The summed E-state index contributed by atoms with van der Waals surface area (Å²) >= 11 is 1.33. The Labute approximate surface area is 172 Å². The molecule has 7 nitrogen and oxygen atoms in total. The van der Waals surface area contributed by atoms with Crippen LogP contribution in [0.1, 0.15) is 34.2 Å². The number of aromatic nitrogens is 5. The molecule has 4 aromatic heterocycles. The minimum absolute atomic E-state index is 0.140. The Hall–Kier alpha value is -3.21. The van der Waals surface area contributed by atoms with Crippen LogP contribution in [0.25, 0.3) is 16.2 Å². The van der Waals surface area contributed by atoms with Crippen LogP contribution < -0.4 is 0 Å². The Kier molecular flexibility index (Phi) is 4.35. The van der Waals surface area contributed by atoms with Gasteiger partial charge in [-0.25, -0.2) is 9.50 Å². The smallest absolute Gasteiger partial charge is 0.337 e. The first-order valence-corrected chi connectivity index (χ1v) is 10.1. The predicted octanol–water partition coefficient (Wildman–Crippen LogP) is 3.83. The second kappa shape index (κ2) is 6.94. The van der Waals surface area contributed by atoms with Crippen molar-refractivity contribution < 1.29 is 18.0 Å². The number of thiophene rings is 1. The first kappa shape index (κ1) is 18.8. The molecule has 5 rings (SSSR count). The van der Waals surface area contributed by atoms with E-state index in [0.717, 1.165) is 10.6 Å². The van der Waals surface area contributed by atoms with Gasteiger partial charge in [-0.15, -0.1) is 11.3 Å². The normalized spacial score (nSPS) is 17.2. The van der Waals surface area contributed by atoms with Crippen LogP contribution in [0, 0.1) is 0 Å². The molecule has 0 aliphatic carbocycles.